The molecule has 0 aliphatic carbocycles. The van der Waals surface area contributed by atoms with E-state index in [1.54, 1.807) is 12.3 Å². The normalized spacial score (nSPS) is 17.1. The van der Waals surface area contributed by atoms with Gasteiger partial charge >= 0.3 is 0 Å². The van der Waals surface area contributed by atoms with Crippen LogP contribution in [-0.4, -0.2) is 59.2 Å². The van der Waals surface area contributed by atoms with Gasteiger partial charge in [0.25, 0.3) is 5.56 Å². The van der Waals surface area contributed by atoms with Gasteiger partial charge in [0.1, 0.15) is 0 Å². The van der Waals surface area contributed by atoms with Crippen molar-refractivity contribution < 1.29 is 9.59 Å². The van der Waals surface area contributed by atoms with E-state index < -0.39 is 0 Å². The first-order valence-corrected chi connectivity index (χ1v) is 11.5. The Morgan fingerprint density at radius 2 is 1.88 bits per heavy atom. The first kappa shape index (κ1) is 22.0. The van der Waals surface area contributed by atoms with Gasteiger partial charge in [0.15, 0.2) is 0 Å². The fourth-order valence-electron chi connectivity index (χ4n) is 4.44. The van der Waals surface area contributed by atoms with Gasteiger partial charge in [0, 0.05) is 51.1 Å². The van der Waals surface area contributed by atoms with E-state index in [1.807, 2.05) is 35.2 Å². The molecule has 2 aliphatic heterocycles. The van der Waals surface area contributed by atoms with E-state index in [1.165, 1.54) is 4.68 Å². The molecule has 4 rings (SSSR count). The predicted octanol–water partition coefficient (Wildman–Crippen LogP) is 1.64. The molecule has 2 aliphatic rings. The molecule has 0 atom stereocenters. The maximum atomic E-state index is 12.5. The molecule has 2 saturated heterocycles. The van der Waals surface area contributed by atoms with Gasteiger partial charge in [0.05, 0.1) is 18.4 Å². The topological polar surface area (TPSA) is 87.5 Å². The molecule has 0 spiro atoms. The second kappa shape index (κ2) is 10.4. The van der Waals surface area contributed by atoms with Crippen LogP contribution in [0.5, 0.6) is 0 Å². The van der Waals surface area contributed by atoms with Crippen LogP contribution in [0.15, 0.2) is 47.4 Å². The van der Waals surface area contributed by atoms with Crippen molar-refractivity contribution in [3.63, 3.8) is 0 Å². The van der Waals surface area contributed by atoms with Gasteiger partial charge in [-0.1, -0.05) is 30.3 Å². The van der Waals surface area contributed by atoms with Gasteiger partial charge in [-0.05, 0) is 31.2 Å². The Labute approximate surface area is 188 Å². The molecule has 0 saturated carbocycles. The molecule has 170 valence electrons. The van der Waals surface area contributed by atoms with Crippen molar-refractivity contribution >= 4 is 17.5 Å². The van der Waals surface area contributed by atoms with Crippen molar-refractivity contribution in [1.82, 2.24) is 20.0 Å². The quantitative estimate of drug-likeness (QED) is 0.635. The molecular weight excluding hydrogens is 406 g/mol. The summed E-state index contributed by atoms with van der Waals surface area (Å²) in [5, 5.41) is 7.37. The number of hydrogen-bond donors (Lipinski definition) is 1. The first-order chi connectivity index (χ1) is 15.6. The molecule has 8 heteroatoms. The van der Waals surface area contributed by atoms with Crippen LogP contribution in [0.3, 0.4) is 0 Å². The average Bonchev–Trinajstić information content (AvgIpc) is 3.23. The molecule has 2 aromatic rings. The smallest absolute Gasteiger partial charge is 0.269 e. The van der Waals surface area contributed by atoms with Gasteiger partial charge in [-0.2, -0.15) is 5.10 Å². The van der Waals surface area contributed by atoms with Gasteiger partial charge in [-0.25, -0.2) is 4.68 Å². The third kappa shape index (κ3) is 5.55. The molecule has 0 radical (unpaired) electrons. The molecule has 0 bridgehead atoms. The molecule has 1 N–H and O–H groups in total. The molecule has 0 unspecified atom stereocenters. The number of likely N-dealkylation sites (tertiary alicyclic amines) is 1. The number of carbonyl (C=O) groups is 2. The van der Waals surface area contributed by atoms with Crippen LogP contribution in [0.25, 0.3) is 0 Å². The summed E-state index contributed by atoms with van der Waals surface area (Å²) >= 11 is 0. The van der Waals surface area contributed by atoms with Crippen LogP contribution in [-0.2, 0) is 16.1 Å². The predicted molar refractivity (Wildman–Crippen MR) is 122 cm³/mol. The molecular formula is C24H31N5O3. The maximum Gasteiger partial charge on any atom is 0.269 e. The maximum absolute atomic E-state index is 12.5. The molecule has 2 fully saturated rings. The van der Waals surface area contributed by atoms with E-state index >= 15 is 0 Å². The Morgan fingerprint density at radius 1 is 1.09 bits per heavy atom. The minimum Gasteiger partial charge on any atom is -0.370 e. The van der Waals surface area contributed by atoms with Crippen LogP contribution in [0.1, 0.15) is 37.7 Å². The third-order valence-corrected chi connectivity index (χ3v) is 6.34. The highest BCUT2D eigenvalue weighted by Gasteiger charge is 2.25. The van der Waals surface area contributed by atoms with Crippen LogP contribution in [0.4, 0.5) is 5.69 Å². The second-order valence-electron chi connectivity index (χ2n) is 8.59. The summed E-state index contributed by atoms with van der Waals surface area (Å²) in [6.07, 6.45) is 5.64. The van der Waals surface area contributed by atoms with E-state index in [9.17, 15) is 14.4 Å². The van der Waals surface area contributed by atoms with Crippen molar-refractivity contribution in [2.75, 3.05) is 37.6 Å². The first-order valence-electron chi connectivity index (χ1n) is 11.5. The number of benzene rings is 1. The van der Waals surface area contributed by atoms with Gasteiger partial charge in [-0.15, -0.1) is 0 Å². The average molecular weight is 438 g/mol. The summed E-state index contributed by atoms with van der Waals surface area (Å²) in [4.78, 5) is 40.6. The fraction of sp³-hybridized carbons (Fsp3) is 0.500. The Morgan fingerprint density at radius 3 is 2.56 bits per heavy atom. The standard InChI is InChI=1S/C24H31N5O3/c30-22-8-4-12-28(22)13-5-11-25-24(32)20-9-14-27(15-10-20)21-16-23(31)29(26-17-21)18-19-6-2-1-3-7-19/h1-3,6-7,16-17,20H,4-5,8-15,18H2,(H,25,32). The number of nitrogens with one attached hydrogen (secondary N) is 1. The minimum absolute atomic E-state index is 0.00826. The van der Waals surface area contributed by atoms with E-state index in [4.69, 9.17) is 0 Å². The highest BCUT2D eigenvalue weighted by Crippen LogP contribution is 2.22. The van der Waals surface area contributed by atoms with Gasteiger partial charge < -0.3 is 15.1 Å². The largest absolute Gasteiger partial charge is 0.370 e. The summed E-state index contributed by atoms with van der Waals surface area (Å²) in [5.41, 5.74) is 1.73. The van der Waals surface area contributed by atoms with Crippen LogP contribution < -0.4 is 15.8 Å². The Balaban J connectivity index is 1.21. The van der Waals surface area contributed by atoms with Crippen LogP contribution >= 0.6 is 0 Å². The van der Waals surface area contributed by atoms with Crippen LogP contribution in [0, 0.1) is 5.92 Å². The van der Waals surface area contributed by atoms with E-state index in [-0.39, 0.29) is 23.3 Å². The number of hydrogen-bond acceptors (Lipinski definition) is 5. The number of piperidine rings is 1. The number of carbonyl (C=O) groups excluding carboxylic acids is 2. The van der Waals surface area contributed by atoms with Crippen molar-refractivity contribution in [1.29, 1.82) is 0 Å². The van der Waals surface area contributed by atoms with E-state index in [2.05, 4.69) is 15.3 Å². The molecule has 1 aromatic carbocycles. The summed E-state index contributed by atoms with van der Waals surface area (Å²) in [6.45, 7) is 4.08. The number of aromatic nitrogens is 2. The number of anilines is 1. The molecule has 32 heavy (non-hydrogen) atoms. The lowest BCUT2D eigenvalue weighted by Gasteiger charge is -2.32. The Hall–Kier alpha value is -3.16. The summed E-state index contributed by atoms with van der Waals surface area (Å²) in [7, 11) is 0. The number of amides is 2. The lowest BCUT2D eigenvalue weighted by molar-refractivity contribution is -0.127. The van der Waals surface area contributed by atoms with E-state index in [0.29, 0.717) is 19.5 Å². The van der Waals surface area contributed by atoms with E-state index in [0.717, 1.165) is 63.1 Å². The molecule has 3 heterocycles. The van der Waals surface area contributed by atoms with Crippen LogP contribution in [0.2, 0.25) is 0 Å². The number of nitrogens with zero attached hydrogens (tertiary/aromatic N) is 4. The lowest BCUT2D eigenvalue weighted by atomic mass is 9.95. The van der Waals surface area contributed by atoms with Gasteiger partial charge in [-0.3, -0.25) is 14.4 Å². The Kier molecular flexibility index (Phi) is 7.19. The zero-order valence-electron chi connectivity index (χ0n) is 18.4. The zero-order valence-corrected chi connectivity index (χ0v) is 18.4. The monoisotopic (exact) mass is 437 g/mol. The van der Waals surface area contributed by atoms with Crippen molar-refractivity contribution in [2.45, 2.75) is 38.6 Å². The zero-order chi connectivity index (χ0) is 22.3. The van der Waals surface area contributed by atoms with Gasteiger partial charge in [0.2, 0.25) is 11.8 Å². The molecule has 1 aromatic heterocycles. The molecule has 8 nitrogen and oxygen atoms in total. The third-order valence-electron chi connectivity index (χ3n) is 6.34. The summed E-state index contributed by atoms with van der Waals surface area (Å²) in [6, 6.07) is 11.4. The summed E-state index contributed by atoms with van der Waals surface area (Å²) < 4.78 is 1.47. The second-order valence-corrected chi connectivity index (χ2v) is 8.59. The highest BCUT2D eigenvalue weighted by atomic mass is 16.2. The SMILES string of the molecule is O=C(NCCCN1CCCC1=O)C1CCN(c2cnn(Cc3ccccc3)c(=O)c2)CC1. The van der Waals surface area contributed by atoms with Crippen molar-refractivity contribution in [3.8, 4) is 0 Å². The van der Waals surface area contributed by atoms with Crippen molar-refractivity contribution in [3.05, 3.63) is 58.5 Å². The number of rotatable bonds is 8. The minimum atomic E-state index is -0.122. The Bertz CT molecular complexity index is 983. The van der Waals surface area contributed by atoms with Crippen molar-refractivity contribution in [2.24, 2.45) is 5.92 Å². The lowest BCUT2D eigenvalue weighted by Crippen LogP contribution is -2.41. The molecule has 2 amide bonds. The fourth-order valence-corrected chi connectivity index (χ4v) is 4.44. The highest BCUT2D eigenvalue weighted by molar-refractivity contribution is 5.79. The summed E-state index contributed by atoms with van der Waals surface area (Å²) in [5.74, 6) is 0.311.